The fourth-order valence-electron chi connectivity index (χ4n) is 2.48. The fraction of sp³-hybridized carbons (Fsp3) is 0.429. The Kier molecular flexibility index (Phi) is 3.04. The molecule has 1 atom stereocenters. The van der Waals surface area contributed by atoms with Gasteiger partial charge in [0.25, 0.3) is 0 Å². The quantitative estimate of drug-likeness (QED) is 0.825. The van der Waals surface area contributed by atoms with Crippen LogP contribution in [0.15, 0.2) is 24.3 Å². The molecule has 1 aromatic carbocycles. The Bertz CT molecular complexity index is 578. The minimum atomic E-state index is 0.545. The van der Waals surface area contributed by atoms with Crippen molar-refractivity contribution in [3.63, 3.8) is 0 Å². The van der Waals surface area contributed by atoms with Crippen molar-refractivity contribution in [3.05, 3.63) is 46.0 Å². The number of aromatic amines is 2. The molecule has 18 heavy (non-hydrogen) atoms. The Morgan fingerprint density at radius 3 is 2.56 bits per heavy atom. The van der Waals surface area contributed by atoms with Crippen molar-refractivity contribution in [1.82, 2.24) is 15.2 Å². The van der Waals surface area contributed by atoms with Crippen LogP contribution in [0.2, 0.25) is 0 Å². The molecular weight excluding hydrogens is 242 g/mol. The summed E-state index contributed by atoms with van der Waals surface area (Å²) in [5.74, 6) is 2.35. The monoisotopic (exact) mass is 259 g/mol. The number of rotatable bonds is 4. The van der Waals surface area contributed by atoms with Crippen LogP contribution in [0.4, 0.5) is 0 Å². The molecule has 0 radical (unpaired) electrons. The van der Waals surface area contributed by atoms with E-state index in [2.05, 4.69) is 46.4 Å². The summed E-state index contributed by atoms with van der Waals surface area (Å²) in [5, 5.41) is 5.93. The SMILES string of the molecule is Cc1ccc(C(Cc2nc(=S)[nH][nH]2)C2CC2)cc1. The number of nitrogens with zero attached hydrogens (tertiary/aromatic N) is 1. The van der Waals surface area contributed by atoms with E-state index in [1.807, 2.05) is 0 Å². The molecule has 0 bridgehead atoms. The molecule has 0 spiro atoms. The van der Waals surface area contributed by atoms with E-state index in [1.165, 1.54) is 24.0 Å². The first-order chi connectivity index (χ1) is 8.72. The van der Waals surface area contributed by atoms with Crippen LogP contribution in [0.5, 0.6) is 0 Å². The smallest absolute Gasteiger partial charge is 0.213 e. The summed E-state index contributed by atoms with van der Waals surface area (Å²) in [7, 11) is 0. The molecule has 94 valence electrons. The second-order valence-corrected chi connectivity index (χ2v) is 5.56. The maximum atomic E-state index is 5.00. The van der Waals surface area contributed by atoms with Gasteiger partial charge in [0, 0.05) is 6.42 Å². The predicted octanol–water partition coefficient (Wildman–Crippen LogP) is 3.51. The number of nitrogens with one attached hydrogen (secondary N) is 2. The van der Waals surface area contributed by atoms with Gasteiger partial charge in [-0.25, -0.2) is 4.98 Å². The lowest BCUT2D eigenvalue weighted by molar-refractivity contribution is 0.585. The number of benzene rings is 1. The molecule has 4 heteroatoms. The van der Waals surface area contributed by atoms with Crippen molar-refractivity contribution in [1.29, 1.82) is 0 Å². The average Bonchev–Trinajstić information content (AvgIpc) is 3.12. The van der Waals surface area contributed by atoms with Crippen LogP contribution in [0.25, 0.3) is 0 Å². The van der Waals surface area contributed by atoms with Gasteiger partial charge in [-0.05, 0) is 49.4 Å². The van der Waals surface area contributed by atoms with Gasteiger partial charge in [0.05, 0.1) is 0 Å². The molecule has 0 saturated heterocycles. The molecule has 2 N–H and O–H groups in total. The highest BCUT2D eigenvalue weighted by Crippen LogP contribution is 2.44. The third-order valence-electron chi connectivity index (χ3n) is 3.66. The van der Waals surface area contributed by atoms with Crippen LogP contribution in [0.1, 0.15) is 35.7 Å². The van der Waals surface area contributed by atoms with Gasteiger partial charge in [0.1, 0.15) is 5.82 Å². The van der Waals surface area contributed by atoms with Crippen LogP contribution in [-0.2, 0) is 6.42 Å². The fourth-order valence-corrected chi connectivity index (χ4v) is 2.64. The van der Waals surface area contributed by atoms with E-state index < -0.39 is 0 Å². The summed E-state index contributed by atoms with van der Waals surface area (Å²) in [5.41, 5.74) is 2.73. The molecule has 1 aromatic heterocycles. The summed E-state index contributed by atoms with van der Waals surface area (Å²) < 4.78 is 0.545. The molecule has 1 saturated carbocycles. The summed E-state index contributed by atoms with van der Waals surface area (Å²) in [6, 6.07) is 8.88. The highest BCUT2D eigenvalue weighted by Gasteiger charge is 2.32. The minimum absolute atomic E-state index is 0.545. The van der Waals surface area contributed by atoms with Crippen molar-refractivity contribution >= 4 is 12.2 Å². The zero-order valence-corrected chi connectivity index (χ0v) is 11.3. The highest BCUT2D eigenvalue weighted by molar-refractivity contribution is 7.71. The first-order valence-corrected chi connectivity index (χ1v) is 6.83. The Morgan fingerprint density at radius 2 is 2.00 bits per heavy atom. The molecule has 3 rings (SSSR count). The van der Waals surface area contributed by atoms with Crippen molar-refractivity contribution in [2.45, 2.75) is 32.1 Å². The normalized spacial score (nSPS) is 16.7. The Hall–Kier alpha value is -1.42. The van der Waals surface area contributed by atoms with E-state index in [0.717, 1.165) is 18.2 Å². The maximum absolute atomic E-state index is 5.00. The molecule has 0 aliphatic heterocycles. The lowest BCUT2D eigenvalue weighted by atomic mass is 9.90. The number of aromatic nitrogens is 3. The van der Waals surface area contributed by atoms with Crippen LogP contribution in [-0.4, -0.2) is 15.2 Å². The van der Waals surface area contributed by atoms with Gasteiger partial charge in [-0.2, -0.15) is 0 Å². The van der Waals surface area contributed by atoms with Crippen molar-refractivity contribution in [2.24, 2.45) is 5.92 Å². The van der Waals surface area contributed by atoms with E-state index >= 15 is 0 Å². The van der Waals surface area contributed by atoms with E-state index in [0.29, 0.717) is 10.7 Å². The number of hydrogen-bond acceptors (Lipinski definition) is 2. The summed E-state index contributed by atoms with van der Waals surface area (Å²) in [6.45, 7) is 2.13. The molecular formula is C14H17N3S. The summed E-state index contributed by atoms with van der Waals surface area (Å²) >= 11 is 5.00. The lowest BCUT2D eigenvalue weighted by Crippen LogP contribution is -2.06. The zero-order chi connectivity index (χ0) is 12.5. The average molecular weight is 259 g/mol. The van der Waals surface area contributed by atoms with E-state index in [-0.39, 0.29) is 0 Å². The van der Waals surface area contributed by atoms with Crippen molar-refractivity contribution in [3.8, 4) is 0 Å². The Labute approximate surface area is 112 Å². The topological polar surface area (TPSA) is 44.5 Å². The highest BCUT2D eigenvalue weighted by atomic mass is 32.1. The molecule has 2 aromatic rings. The van der Waals surface area contributed by atoms with E-state index in [1.54, 1.807) is 0 Å². The molecule has 1 aliphatic carbocycles. The molecule has 0 amide bonds. The Balaban J connectivity index is 1.84. The van der Waals surface area contributed by atoms with Gasteiger partial charge < -0.3 is 0 Å². The maximum Gasteiger partial charge on any atom is 0.213 e. The second-order valence-electron chi connectivity index (χ2n) is 5.17. The third kappa shape index (κ3) is 2.53. The molecule has 1 heterocycles. The zero-order valence-electron chi connectivity index (χ0n) is 10.4. The second kappa shape index (κ2) is 4.69. The van der Waals surface area contributed by atoms with Crippen LogP contribution >= 0.6 is 12.2 Å². The number of H-pyrrole nitrogens is 2. The van der Waals surface area contributed by atoms with Gasteiger partial charge >= 0.3 is 0 Å². The molecule has 1 unspecified atom stereocenters. The standard InChI is InChI=1S/C14H17N3S/c1-9-2-4-10(5-3-9)12(11-6-7-11)8-13-15-14(18)17-16-13/h2-5,11-12H,6-8H2,1H3,(H2,15,16,17,18). The largest absolute Gasteiger partial charge is 0.286 e. The number of hydrogen-bond donors (Lipinski definition) is 2. The van der Waals surface area contributed by atoms with Crippen LogP contribution < -0.4 is 0 Å². The van der Waals surface area contributed by atoms with Crippen LogP contribution in [0, 0.1) is 17.6 Å². The summed E-state index contributed by atoms with van der Waals surface area (Å²) in [6.07, 6.45) is 3.62. The van der Waals surface area contributed by atoms with Gasteiger partial charge in [0.2, 0.25) is 4.77 Å². The Morgan fingerprint density at radius 1 is 1.28 bits per heavy atom. The molecule has 1 aliphatic rings. The minimum Gasteiger partial charge on any atom is -0.286 e. The van der Waals surface area contributed by atoms with Crippen LogP contribution in [0.3, 0.4) is 0 Å². The first-order valence-electron chi connectivity index (χ1n) is 6.42. The van der Waals surface area contributed by atoms with Crippen molar-refractivity contribution < 1.29 is 0 Å². The van der Waals surface area contributed by atoms with Crippen molar-refractivity contribution in [2.75, 3.05) is 0 Å². The molecule has 3 nitrogen and oxygen atoms in total. The number of aryl methyl sites for hydroxylation is 1. The lowest BCUT2D eigenvalue weighted by Gasteiger charge is -2.15. The van der Waals surface area contributed by atoms with Gasteiger partial charge in [-0.1, -0.05) is 29.8 Å². The van der Waals surface area contributed by atoms with Gasteiger partial charge in [-0.3, -0.25) is 10.2 Å². The van der Waals surface area contributed by atoms with E-state index in [4.69, 9.17) is 12.2 Å². The third-order valence-corrected chi connectivity index (χ3v) is 3.85. The van der Waals surface area contributed by atoms with Gasteiger partial charge in [-0.15, -0.1) is 0 Å². The predicted molar refractivity (Wildman–Crippen MR) is 74.1 cm³/mol. The first kappa shape index (κ1) is 11.7. The molecule has 1 fully saturated rings. The van der Waals surface area contributed by atoms with E-state index in [9.17, 15) is 0 Å². The summed E-state index contributed by atoms with van der Waals surface area (Å²) in [4.78, 5) is 4.31. The van der Waals surface area contributed by atoms with Gasteiger partial charge in [0.15, 0.2) is 0 Å².